The monoisotopic (exact) mass is 479 g/mol. The summed E-state index contributed by atoms with van der Waals surface area (Å²) in [5.74, 6) is 0.210. The number of allylic oxidation sites excluding steroid dienone is 4. The van der Waals surface area contributed by atoms with Crippen LogP contribution in [0.15, 0.2) is 35.5 Å². The quantitative estimate of drug-likeness (QED) is 0.171. The highest BCUT2D eigenvalue weighted by Crippen LogP contribution is 2.34. The lowest BCUT2D eigenvalue weighted by Crippen LogP contribution is -2.48. The summed E-state index contributed by atoms with van der Waals surface area (Å²) in [5, 5.41) is 12.1. The van der Waals surface area contributed by atoms with Gasteiger partial charge in [-0.2, -0.15) is 18.7 Å². The lowest BCUT2D eigenvalue weighted by molar-refractivity contribution is -0.138. The summed E-state index contributed by atoms with van der Waals surface area (Å²) >= 11 is 0. The molecule has 0 heterocycles. The molecule has 0 aromatic heterocycles. The van der Waals surface area contributed by atoms with Crippen LogP contribution in [0.1, 0.15) is 20.3 Å². The molecule has 0 radical (unpaired) electrons. The molecule has 0 aliphatic heterocycles. The van der Waals surface area contributed by atoms with Crippen molar-refractivity contribution < 1.29 is 40.6 Å². The second-order valence-corrected chi connectivity index (χ2v) is 8.58. The highest BCUT2D eigenvalue weighted by atomic mass is 31.1. The van der Waals surface area contributed by atoms with Gasteiger partial charge in [-0.3, -0.25) is 4.79 Å². The number of nitrogens with one attached hydrogen (secondary N) is 1. The van der Waals surface area contributed by atoms with Crippen molar-refractivity contribution in [1.29, 1.82) is 0 Å². The highest BCUT2D eigenvalue weighted by Gasteiger charge is 2.45. The fourth-order valence-corrected chi connectivity index (χ4v) is 4.03. The topological polar surface area (TPSA) is 75.4 Å². The number of hydrogen-bond donors (Lipinski definition) is 3. The zero-order valence-corrected chi connectivity index (χ0v) is 18.2. The average molecular weight is 479 g/mol. The van der Waals surface area contributed by atoms with Gasteiger partial charge in [0.15, 0.2) is 30.9 Å². The first kappa shape index (κ1) is 29.5. The predicted molar refractivity (Wildman–Crippen MR) is 109 cm³/mol. The van der Waals surface area contributed by atoms with E-state index in [1.807, 2.05) is 0 Å². The molecule has 0 aromatic rings. The van der Waals surface area contributed by atoms with Gasteiger partial charge >= 0.3 is 6.18 Å². The largest absolute Gasteiger partial charge is 0.393 e. The van der Waals surface area contributed by atoms with Crippen LogP contribution in [-0.4, -0.2) is 67.0 Å². The summed E-state index contributed by atoms with van der Waals surface area (Å²) < 4.78 is 90.6. The van der Waals surface area contributed by atoms with E-state index in [4.69, 9.17) is 5.50 Å². The molecule has 31 heavy (non-hydrogen) atoms. The molecule has 0 aromatic carbocycles. The minimum atomic E-state index is -4.50. The van der Waals surface area contributed by atoms with Gasteiger partial charge in [0.25, 0.3) is 6.43 Å². The Morgan fingerprint density at radius 3 is 2.23 bits per heavy atom. The minimum absolute atomic E-state index is 0.132. The number of hydrogen-bond acceptors (Lipinski definition) is 4. The van der Waals surface area contributed by atoms with Crippen molar-refractivity contribution in [2.75, 3.05) is 20.3 Å². The number of aliphatic hydroxyl groups is 1. The third-order valence-corrected chi connectivity index (χ3v) is 5.85. The van der Waals surface area contributed by atoms with Gasteiger partial charge in [0, 0.05) is 6.54 Å². The van der Waals surface area contributed by atoms with E-state index in [1.54, 1.807) is 7.05 Å². The Morgan fingerprint density at radius 1 is 1.23 bits per heavy atom. The Morgan fingerprint density at radius 2 is 1.81 bits per heavy atom. The smallest absolute Gasteiger partial charge is 0.378 e. The van der Waals surface area contributed by atoms with E-state index < -0.39 is 56.6 Å². The van der Waals surface area contributed by atoms with Crippen molar-refractivity contribution in [2.45, 2.75) is 50.3 Å². The molecular weight excluding hydrogens is 452 g/mol. The maximum atomic E-state index is 14.0. The lowest BCUT2D eigenvalue weighted by Gasteiger charge is -2.25. The third kappa shape index (κ3) is 9.64. The summed E-state index contributed by atoms with van der Waals surface area (Å²) in [5.41, 5.74) is 1.41. The first-order chi connectivity index (χ1) is 14.2. The summed E-state index contributed by atoms with van der Waals surface area (Å²) in [4.78, 5) is 12.5. The molecule has 0 saturated carbocycles. The van der Waals surface area contributed by atoms with Gasteiger partial charge < -0.3 is 10.4 Å². The van der Waals surface area contributed by atoms with Gasteiger partial charge in [0.2, 0.25) is 0 Å². The van der Waals surface area contributed by atoms with Gasteiger partial charge in [-0.05, 0) is 44.7 Å². The number of likely N-dealkylation sites (N-methyl/N-ethyl adjacent to an activating group) is 1. The van der Waals surface area contributed by atoms with Gasteiger partial charge in [0.05, 0.1) is 12.0 Å². The van der Waals surface area contributed by atoms with Crippen LogP contribution in [0.25, 0.3) is 0 Å². The SMILES string of the molecule is C/C=C\C(CC(F)(F)F)[P+](N)=C/C(C(=O)/C=C\C(F)C(O)(CF)C(F)F)=C(\C)CNC. The van der Waals surface area contributed by atoms with Crippen LogP contribution in [-0.2, 0) is 4.79 Å². The summed E-state index contributed by atoms with van der Waals surface area (Å²) in [6, 6.07) is 0. The van der Waals surface area contributed by atoms with Gasteiger partial charge in [-0.25, -0.2) is 17.6 Å². The lowest BCUT2D eigenvalue weighted by atomic mass is 9.98. The number of ketones is 1. The second kappa shape index (κ2) is 13.1. The molecule has 4 N–H and O–H groups in total. The molecule has 0 rings (SSSR count). The van der Waals surface area contributed by atoms with Crippen LogP contribution in [0.2, 0.25) is 0 Å². The molecule has 4 nitrogen and oxygen atoms in total. The second-order valence-electron chi connectivity index (χ2n) is 6.76. The fraction of sp³-hybridized carbons (Fsp3) is 0.579. The predicted octanol–water partition coefficient (Wildman–Crippen LogP) is 4.01. The molecule has 178 valence electrons. The molecule has 0 bridgehead atoms. The van der Waals surface area contributed by atoms with E-state index in [-0.39, 0.29) is 18.2 Å². The van der Waals surface area contributed by atoms with Gasteiger partial charge in [-0.1, -0.05) is 6.08 Å². The molecular formula is C19H27F7N2O2P+. The molecule has 0 spiro atoms. The number of carbonyl (C=O) groups excluding carboxylic acids is 1. The van der Waals surface area contributed by atoms with Crippen LogP contribution < -0.4 is 10.8 Å². The molecule has 4 atom stereocenters. The maximum Gasteiger partial charge on any atom is 0.393 e. The maximum absolute atomic E-state index is 14.0. The minimum Gasteiger partial charge on any atom is -0.378 e. The van der Waals surface area contributed by atoms with Crippen molar-refractivity contribution in [3.05, 3.63) is 35.5 Å². The Bertz CT molecular complexity index is 721. The van der Waals surface area contributed by atoms with Crippen molar-refractivity contribution in [3.63, 3.8) is 0 Å². The number of nitrogens with two attached hydrogens (primary N) is 1. The van der Waals surface area contributed by atoms with Gasteiger partial charge in [-0.15, -0.1) is 0 Å². The van der Waals surface area contributed by atoms with Gasteiger partial charge in [0.1, 0.15) is 12.5 Å². The first-order valence-corrected chi connectivity index (χ1v) is 10.6. The fourth-order valence-electron chi connectivity index (χ4n) is 2.40. The molecule has 4 unspecified atom stereocenters. The average Bonchev–Trinajstić information content (AvgIpc) is 2.67. The molecule has 0 fully saturated rings. The van der Waals surface area contributed by atoms with Crippen LogP contribution in [0.3, 0.4) is 0 Å². The van der Waals surface area contributed by atoms with E-state index in [0.29, 0.717) is 11.6 Å². The third-order valence-electron chi connectivity index (χ3n) is 4.17. The van der Waals surface area contributed by atoms with E-state index >= 15 is 0 Å². The Labute approximate surface area is 177 Å². The zero-order valence-electron chi connectivity index (χ0n) is 17.3. The van der Waals surface area contributed by atoms with Crippen LogP contribution >= 0.6 is 7.70 Å². The normalized spacial score (nSPS) is 18.4. The van der Waals surface area contributed by atoms with Crippen molar-refractivity contribution in [1.82, 2.24) is 5.32 Å². The Hall–Kier alpha value is -1.55. The Kier molecular flexibility index (Phi) is 12.4. The summed E-state index contributed by atoms with van der Waals surface area (Å²) in [6.45, 7) is 1.04. The van der Waals surface area contributed by atoms with E-state index in [1.165, 1.54) is 26.0 Å². The van der Waals surface area contributed by atoms with Crippen LogP contribution in [0.5, 0.6) is 0 Å². The molecule has 0 aliphatic rings. The van der Waals surface area contributed by atoms with E-state index in [0.717, 1.165) is 5.80 Å². The van der Waals surface area contributed by atoms with E-state index in [9.17, 15) is 40.6 Å². The zero-order chi connectivity index (χ0) is 24.4. The van der Waals surface area contributed by atoms with Crippen molar-refractivity contribution in [3.8, 4) is 0 Å². The number of rotatable bonds is 12. The van der Waals surface area contributed by atoms with Crippen LogP contribution in [0.4, 0.5) is 30.7 Å². The highest BCUT2D eigenvalue weighted by molar-refractivity contribution is 7.56. The Balaban J connectivity index is 6.04. The molecule has 0 aliphatic carbocycles. The molecule has 0 amide bonds. The number of halogens is 7. The number of carbonyl (C=O) groups is 1. The first-order valence-electron chi connectivity index (χ1n) is 9.08. The molecule has 12 heteroatoms. The van der Waals surface area contributed by atoms with Crippen LogP contribution in [0, 0.1) is 0 Å². The van der Waals surface area contributed by atoms with E-state index in [2.05, 4.69) is 5.32 Å². The number of alkyl halides is 7. The van der Waals surface area contributed by atoms with Crippen molar-refractivity contribution >= 4 is 19.3 Å². The summed E-state index contributed by atoms with van der Waals surface area (Å²) in [7, 11) is -0.444. The molecule has 0 saturated heterocycles. The van der Waals surface area contributed by atoms with Crippen molar-refractivity contribution in [2.24, 2.45) is 5.50 Å². The summed E-state index contributed by atoms with van der Waals surface area (Å²) in [6.07, 6.45) is -8.89. The standard InChI is InChI=1S/C19H27F7N2O2P/c1-4-5-13(8-19(24,25)26)31(27)10-14(12(2)9-28-3)15(29)6-7-16(21)18(30,11-20)17(22)23/h4-7,10,13,16-17,28,30H,8-9,11,27H2,1-3H3/q+1/b5-4-,7-6-,14-12-.